The zero-order valence-electron chi connectivity index (χ0n) is 8.73. The summed E-state index contributed by atoms with van der Waals surface area (Å²) in [5, 5.41) is 17.3. The SMILES string of the molecule is C=C(C)C(=O)OC(CCCCO)C(=O)O. The van der Waals surface area contributed by atoms with Crippen LogP contribution < -0.4 is 0 Å². The van der Waals surface area contributed by atoms with E-state index in [1.165, 1.54) is 6.92 Å². The molecule has 86 valence electrons. The van der Waals surface area contributed by atoms with E-state index in [2.05, 4.69) is 6.58 Å². The predicted octanol–water partition coefficient (Wildman–Crippen LogP) is 0.721. The van der Waals surface area contributed by atoms with Crippen molar-refractivity contribution in [2.45, 2.75) is 32.3 Å². The minimum absolute atomic E-state index is 0.000765. The molecule has 0 aromatic rings. The first-order valence-electron chi connectivity index (χ1n) is 4.69. The molecular formula is C10H16O5. The molecule has 0 spiro atoms. The van der Waals surface area contributed by atoms with Crippen LogP contribution in [-0.2, 0) is 14.3 Å². The molecule has 0 aromatic carbocycles. The lowest BCUT2D eigenvalue weighted by Gasteiger charge is -2.13. The molecule has 1 atom stereocenters. The molecule has 0 fully saturated rings. The van der Waals surface area contributed by atoms with Crippen LogP contribution in [0.25, 0.3) is 0 Å². The van der Waals surface area contributed by atoms with Crippen LogP contribution in [0.5, 0.6) is 0 Å². The third kappa shape index (κ3) is 5.85. The monoisotopic (exact) mass is 216 g/mol. The van der Waals surface area contributed by atoms with Crippen LogP contribution in [0.3, 0.4) is 0 Å². The number of hydrogen-bond acceptors (Lipinski definition) is 4. The smallest absolute Gasteiger partial charge is 0.345 e. The largest absolute Gasteiger partial charge is 0.479 e. The van der Waals surface area contributed by atoms with Gasteiger partial charge in [0.1, 0.15) is 0 Å². The molecule has 15 heavy (non-hydrogen) atoms. The van der Waals surface area contributed by atoms with Crippen molar-refractivity contribution in [2.75, 3.05) is 6.61 Å². The van der Waals surface area contributed by atoms with Gasteiger partial charge in [0.2, 0.25) is 0 Å². The van der Waals surface area contributed by atoms with Gasteiger partial charge in [-0.2, -0.15) is 0 Å². The first-order valence-corrected chi connectivity index (χ1v) is 4.69. The third-order valence-corrected chi connectivity index (χ3v) is 1.75. The Morgan fingerprint density at radius 2 is 2.00 bits per heavy atom. The minimum atomic E-state index is -1.18. The average molecular weight is 216 g/mol. The van der Waals surface area contributed by atoms with Crippen molar-refractivity contribution >= 4 is 11.9 Å². The number of carboxylic acid groups (broad SMARTS) is 1. The van der Waals surface area contributed by atoms with Gasteiger partial charge in [-0.15, -0.1) is 0 Å². The summed E-state index contributed by atoms with van der Waals surface area (Å²) < 4.78 is 4.70. The first-order chi connectivity index (χ1) is 6.99. The molecule has 0 aliphatic rings. The van der Waals surface area contributed by atoms with Gasteiger partial charge in [-0.1, -0.05) is 6.58 Å². The van der Waals surface area contributed by atoms with Crippen LogP contribution in [0.1, 0.15) is 26.2 Å². The number of unbranched alkanes of at least 4 members (excludes halogenated alkanes) is 1. The number of carbonyl (C=O) groups is 2. The molecule has 0 bridgehead atoms. The quantitative estimate of drug-likeness (QED) is 0.372. The molecule has 0 amide bonds. The summed E-state index contributed by atoms with van der Waals surface area (Å²) in [4.78, 5) is 21.7. The average Bonchev–Trinajstić information content (AvgIpc) is 2.15. The Bertz CT molecular complexity index is 246. The van der Waals surface area contributed by atoms with E-state index >= 15 is 0 Å². The summed E-state index contributed by atoms with van der Waals surface area (Å²) in [7, 11) is 0. The molecule has 0 aromatic heterocycles. The predicted molar refractivity (Wildman–Crippen MR) is 53.3 cm³/mol. The number of aliphatic hydroxyl groups is 1. The Balaban J connectivity index is 4.10. The second kappa shape index (κ2) is 7.00. The molecular weight excluding hydrogens is 200 g/mol. The number of hydrogen-bond donors (Lipinski definition) is 2. The van der Waals surface area contributed by atoms with Crippen molar-refractivity contribution in [1.82, 2.24) is 0 Å². The van der Waals surface area contributed by atoms with Crippen molar-refractivity contribution < 1.29 is 24.5 Å². The van der Waals surface area contributed by atoms with E-state index < -0.39 is 18.0 Å². The van der Waals surface area contributed by atoms with Crippen molar-refractivity contribution in [2.24, 2.45) is 0 Å². The Kier molecular flexibility index (Phi) is 6.37. The van der Waals surface area contributed by atoms with Crippen LogP contribution in [0.4, 0.5) is 0 Å². The number of carboxylic acids is 1. The highest BCUT2D eigenvalue weighted by Crippen LogP contribution is 2.07. The maximum atomic E-state index is 11.1. The summed E-state index contributed by atoms with van der Waals surface area (Å²) in [5.41, 5.74) is 0.170. The molecule has 0 rings (SSSR count). The summed E-state index contributed by atoms with van der Waals surface area (Å²) in [6.45, 7) is 4.81. The van der Waals surface area contributed by atoms with Gasteiger partial charge in [0.25, 0.3) is 0 Å². The van der Waals surface area contributed by atoms with E-state index in [0.29, 0.717) is 12.8 Å². The van der Waals surface area contributed by atoms with Gasteiger partial charge < -0.3 is 14.9 Å². The van der Waals surface area contributed by atoms with Gasteiger partial charge in [-0.05, 0) is 26.2 Å². The third-order valence-electron chi connectivity index (χ3n) is 1.75. The van der Waals surface area contributed by atoms with Gasteiger partial charge in [0.05, 0.1) is 0 Å². The Morgan fingerprint density at radius 3 is 2.40 bits per heavy atom. The molecule has 2 N–H and O–H groups in total. The summed E-state index contributed by atoms with van der Waals surface area (Å²) >= 11 is 0. The molecule has 1 unspecified atom stereocenters. The number of esters is 1. The zero-order valence-corrected chi connectivity index (χ0v) is 8.73. The number of rotatable bonds is 7. The van der Waals surface area contributed by atoms with Gasteiger partial charge in [0, 0.05) is 12.2 Å². The Hall–Kier alpha value is -1.36. The normalized spacial score (nSPS) is 11.9. The van der Waals surface area contributed by atoms with Crippen LogP contribution in [0.2, 0.25) is 0 Å². The summed E-state index contributed by atoms with van der Waals surface area (Å²) in [6, 6.07) is 0. The van der Waals surface area contributed by atoms with Crippen molar-refractivity contribution in [3.8, 4) is 0 Å². The van der Waals surface area contributed by atoms with Gasteiger partial charge in [-0.25, -0.2) is 9.59 Å². The first kappa shape index (κ1) is 13.6. The van der Waals surface area contributed by atoms with E-state index in [1.54, 1.807) is 0 Å². The molecule has 0 aliphatic carbocycles. The fourth-order valence-corrected chi connectivity index (χ4v) is 0.904. The highest BCUT2D eigenvalue weighted by molar-refractivity contribution is 5.89. The summed E-state index contributed by atoms with van der Waals surface area (Å²) in [5.74, 6) is -1.88. The topological polar surface area (TPSA) is 83.8 Å². The fraction of sp³-hybridized carbons (Fsp3) is 0.600. The highest BCUT2D eigenvalue weighted by Gasteiger charge is 2.21. The number of aliphatic carboxylic acids is 1. The number of aliphatic hydroxyl groups excluding tert-OH is 1. The lowest BCUT2D eigenvalue weighted by molar-refractivity contribution is -0.161. The molecule has 5 nitrogen and oxygen atoms in total. The number of carbonyl (C=O) groups excluding carboxylic acids is 1. The highest BCUT2D eigenvalue weighted by atomic mass is 16.6. The van der Waals surface area contributed by atoms with Crippen LogP contribution in [0, 0.1) is 0 Å². The molecule has 5 heteroatoms. The Morgan fingerprint density at radius 1 is 1.40 bits per heavy atom. The van der Waals surface area contributed by atoms with Crippen molar-refractivity contribution in [3.63, 3.8) is 0 Å². The van der Waals surface area contributed by atoms with Crippen molar-refractivity contribution in [3.05, 3.63) is 12.2 Å². The molecule has 0 saturated carbocycles. The van der Waals surface area contributed by atoms with Crippen LogP contribution >= 0.6 is 0 Å². The minimum Gasteiger partial charge on any atom is -0.479 e. The van der Waals surface area contributed by atoms with Gasteiger partial charge in [-0.3, -0.25) is 0 Å². The second-order valence-electron chi connectivity index (χ2n) is 3.23. The van der Waals surface area contributed by atoms with Gasteiger partial charge in [0.15, 0.2) is 6.10 Å². The number of ether oxygens (including phenoxy) is 1. The molecule has 0 heterocycles. The molecule has 0 radical (unpaired) electrons. The van der Waals surface area contributed by atoms with E-state index in [1.807, 2.05) is 0 Å². The van der Waals surface area contributed by atoms with E-state index in [0.717, 1.165) is 0 Å². The maximum absolute atomic E-state index is 11.1. The van der Waals surface area contributed by atoms with E-state index in [-0.39, 0.29) is 18.6 Å². The molecule has 0 aliphatic heterocycles. The lowest BCUT2D eigenvalue weighted by Crippen LogP contribution is -2.27. The maximum Gasteiger partial charge on any atom is 0.345 e. The van der Waals surface area contributed by atoms with Crippen LogP contribution in [0.15, 0.2) is 12.2 Å². The van der Waals surface area contributed by atoms with E-state index in [9.17, 15) is 9.59 Å². The second-order valence-corrected chi connectivity index (χ2v) is 3.23. The standard InChI is InChI=1S/C10H16O5/c1-7(2)10(14)15-8(9(12)13)5-3-4-6-11/h8,11H,1,3-6H2,2H3,(H,12,13). The molecule has 0 saturated heterocycles. The Labute approximate surface area is 88.4 Å². The van der Waals surface area contributed by atoms with Crippen LogP contribution in [-0.4, -0.2) is 34.9 Å². The lowest BCUT2D eigenvalue weighted by atomic mass is 10.1. The van der Waals surface area contributed by atoms with Gasteiger partial charge >= 0.3 is 11.9 Å². The fourth-order valence-electron chi connectivity index (χ4n) is 0.904. The summed E-state index contributed by atoms with van der Waals surface area (Å²) in [6.07, 6.45) is 0.0426. The zero-order chi connectivity index (χ0) is 11.8. The van der Waals surface area contributed by atoms with Crippen molar-refractivity contribution in [1.29, 1.82) is 0 Å². The van der Waals surface area contributed by atoms with E-state index in [4.69, 9.17) is 14.9 Å².